The van der Waals surface area contributed by atoms with Gasteiger partial charge in [-0.3, -0.25) is 9.59 Å². The number of ether oxygens (including phenoxy) is 1. The lowest BCUT2D eigenvalue weighted by Gasteiger charge is -2.32. The number of hydrogen-bond donors (Lipinski definition) is 1. The van der Waals surface area contributed by atoms with Crippen LogP contribution in [0.25, 0.3) is 0 Å². The fraction of sp³-hybridized carbons (Fsp3) is 0.786. The maximum Gasteiger partial charge on any atom is 0.407 e. The van der Waals surface area contributed by atoms with Crippen LogP contribution in [0, 0.1) is 5.92 Å². The summed E-state index contributed by atoms with van der Waals surface area (Å²) in [6, 6.07) is -1.04. The zero-order valence-electron chi connectivity index (χ0n) is 12.8. The minimum absolute atomic E-state index is 0.0109. The highest BCUT2D eigenvalue weighted by molar-refractivity contribution is 5.92. The number of nitrogens with zero attached hydrogens (tertiary/aromatic N) is 1. The van der Waals surface area contributed by atoms with Crippen molar-refractivity contribution in [2.24, 2.45) is 5.92 Å². The van der Waals surface area contributed by atoms with Crippen LogP contribution in [-0.4, -0.2) is 47.9 Å². The van der Waals surface area contributed by atoms with E-state index in [0.717, 1.165) is 6.42 Å². The molecule has 2 amide bonds. The van der Waals surface area contributed by atoms with Crippen LogP contribution in [0.2, 0.25) is 0 Å². The van der Waals surface area contributed by atoms with Gasteiger partial charge in [0, 0.05) is 6.04 Å². The summed E-state index contributed by atoms with van der Waals surface area (Å²) in [5.74, 6) is -0.305. The Kier molecular flexibility index (Phi) is 5.53. The second kappa shape index (κ2) is 6.72. The van der Waals surface area contributed by atoms with Gasteiger partial charge in [-0.2, -0.15) is 0 Å². The summed E-state index contributed by atoms with van der Waals surface area (Å²) in [4.78, 5) is 37.3. The first-order chi connectivity index (χ1) is 9.29. The van der Waals surface area contributed by atoms with Crippen molar-refractivity contribution in [3.8, 4) is 0 Å². The molecule has 0 aromatic carbocycles. The average Bonchev–Trinajstić information content (AvgIpc) is 2.76. The van der Waals surface area contributed by atoms with Crippen LogP contribution >= 0.6 is 0 Å². The van der Waals surface area contributed by atoms with Gasteiger partial charge in [0.25, 0.3) is 0 Å². The summed E-state index contributed by atoms with van der Waals surface area (Å²) in [7, 11) is 1.26. The largest absolute Gasteiger partial charge is 0.453 e. The van der Waals surface area contributed by atoms with E-state index in [1.54, 1.807) is 4.90 Å². The summed E-state index contributed by atoms with van der Waals surface area (Å²) < 4.78 is 4.56. The maximum atomic E-state index is 12.7. The lowest BCUT2D eigenvalue weighted by atomic mass is 10.0. The van der Waals surface area contributed by atoms with Gasteiger partial charge in [0.05, 0.1) is 13.2 Å². The van der Waals surface area contributed by atoms with Crippen molar-refractivity contribution in [2.45, 2.75) is 58.7 Å². The van der Waals surface area contributed by atoms with Gasteiger partial charge in [-0.15, -0.1) is 0 Å². The van der Waals surface area contributed by atoms with Crippen molar-refractivity contribution in [3.63, 3.8) is 0 Å². The quantitative estimate of drug-likeness (QED) is 0.845. The van der Waals surface area contributed by atoms with Crippen LogP contribution in [-0.2, 0) is 14.3 Å². The summed E-state index contributed by atoms with van der Waals surface area (Å²) >= 11 is 0. The molecule has 20 heavy (non-hydrogen) atoms. The zero-order valence-corrected chi connectivity index (χ0v) is 12.8. The second-order valence-corrected chi connectivity index (χ2v) is 5.66. The first-order valence-electron chi connectivity index (χ1n) is 6.96. The molecule has 6 heteroatoms. The van der Waals surface area contributed by atoms with Gasteiger partial charge in [0.2, 0.25) is 5.91 Å². The first-order valence-corrected chi connectivity index (χ1v) is 6.96. The average molecular weight is 284 g/mol. The van der Waals surface area contributed by atoms with Crippen LogP contribution < -0.4 is 5.32 Å². The minimum atomic E-state index is -0.676. The van der Waals surface area contributed by atoms with Crippen LogP contribution in [0.5, 0.6) is 0 Å². The third-order valence-corrected chi connectivity index (χ3v) is 3.78. The molecular formula is C14H24N2O4. The normalized spacial score (nSPS) is 23.6. The van der Waals surface area contributed by atoms with E-state index in [1.165, 1.54) is 14.0 Å². The Hall–Kier alpha value is -1.59. The molecule has 0 saturated carbocycles. The van der Waals surface area contributed by atoms with Gasteiger partial charge in [0.15, 0.2) is 5.78 Å². The van der Waals surface area contributed by atoms with Crippen LogP contribution in [0.1, 0.15) is 40.5 Å². The monoisotopic (exact) mass is 284 g/mol. The number of Topliss-reactive ketones (excluding diaryl/α,β-unsaturated/α-hetero) is 1. The molecule has 1 saturated heterocycles. The van der Waals surface area contributed by atoms with E-state index in [4.69, 9.17) is 0 Å². The Morgan fingerprint density at radius 2 is 1.85 bits per heavy atom. The molecule has 0 aliphatic carbocycles. The molecule has 114 valence electrons. The SMILES string of the molecule is COC(=O)N[C@H](C(=O)N1[C@@H](C)CC[C@H]1C(C)=O)C(C)C. The molecule has 1 fully saturated rings. The number of alkyl carbamates (subject to hydrolysis) is 1. The third-order valence-electron chi connectivity index (χ3n) is 3.78. The summed E-state index contributed by atoms with van der Waals surface area (Å²) in [5, 5.41) is 2.56. The van der Waals surface area contributed by atoms with E-state index >= 15 is 0 Å². The maximum absolute atomic E-state index is 12.7. The molecule has 3 atom stereocenters. The molecule has 0 aromatic rings. The number of rotatable bonds is 4. The van der Waals surface area contributed by atoms with Crippen molar-refractivity contribution < 1.29 is 19.1 Å². The van der Waals surface area contributed by atoms with Crippen molar-refractivity contribution in [3.05, 3.63) is 0 Å². The molecule has 1 aliphatic rings. The van der Waals surface area contributed by atoms with Crippen molar-refractivity contribution in [2.75, 3.05) is 7.11 Å². The molecule has 1 rings (SSSR count). The molecule has 1 heterocycles. The number of likely N-dealkylation sites (tertiary alicyclic amines) is 1. The molecule has 0 spiro atoms. The zero-order chi connectivity index (χ0) is 15.4. The fourth-order valence-electron chi connectivity index (χ4n) is 2.61. The van der Waals surface area contributed by atoms with Gasteiger partial charge < -0.3 is 15.0 Å². The Balaban J connectivity index is 2.92. The molecule has 0 radical (unpaired) electrons. The standard InChI is InChI=1S/C14H24N2O4/c1-8(2)12(15-14(19)20-5)13(18)16-9(3)6-7-11(16)10(4)17/h8-9,11-12H,6-7H2,1-5H3,(H,15,19)/t9-,11-,12-/m0/s1. The number of methoxy groups -OCH3 is 1. The van der Waals surface area contributed by atoms with Crippen LogP contribution in [0.3, 0.4) is 0 Å². The molecule has 1 N–H and O–H groups in total. The number of amides is 2. The Bertz CT molecular complexity index is 395. The van der Waals surface area contributed by atoms with Crippen molar-refractivity contribution >= 4 is 17.8 Å². The third kappa shape index (κ3) is 3.49. The molecule has 0 unspecified atom stereocenters. The fourth-order valence-corrected chi connectivity index (χ4v) is 2.61. The van der Waals surface area contributed by atoms with Crippen molar-refractivity contribution in [1.82, 2.24) is 10.2 Å². The van der Waals surface area contributed by atoms with E-state index in [2.05, 4.69) is 10.1 Å². The highest BCUT2D eigenvalue weighted by Crippen LogP contribution is 2.26. The van der Waals surface area contributed by atoms with Gasteiger partial charge in [-0.1, -0.05) is 13.8 Å². The predicted molar refractivity (Wildman–Crippen MR) is 74.2 cm³/mol. The van der Waals surface area contributed by atoms with Crippen LogP contribution in [0.4, 0.5) is 4.79 Å². The van der Waals surface area contributed by atoms with Gasteiger partial charge >= 0.3 is 6.09 Å². The highest BCUT2D eigenvalue weighted by Gasteiger charge is 2.40. The van der Waals surface area contributed by atoms with E-state index in [9.17, 15) is 14.4 Å². The first kappa shape index (κ1) is 16.5. The number of carbonyl (C=O) groups excluding carboxylic acids is 3. The smallest absolute Gasteiger partial charge is 0.407 e. The molecule has 0 bridgehead atoms. The van der Waals surface area contributed by atoms with E-state index in [0.29, 0.717) is 6.42 Å². The predicted octanol–water partition coefficient (Wildman–Crippen LogP) is 1.34. The topological polar surface area (TPSA) is 75.7 Å². The van der Waals surface area contributed by atoms with E-state index < -0.39 is 12.1 Å². The summed E-state index contributed by atoms with van der Waals surface area (Å²) in [5.41, 5.74) is 0. The summed E-state index contributed by atoms with van der Waals surface area (Å²) in [6.45, 7) is 7.13. The minimum Gasteiger partial charge on any atom is -0.453 e. The number of ketones is 1. The highest BCUT2D eigenvalue weighted by atomic mass is 16.5. The molecular weight excluding hydrogens is 260 g/mol. The number of carbonyl (C=O) groups is 3. The van der Waals surface area contributed by atoms with E-state index in [-0.39, 0.29) is 29.7 Å². The van der Waals surface area contributed by atoms with Crippen molar-refractivity contribution in [1.29, 1.82) is 0 Å². The Morgan fingerprint density at radius 3 is 2.30 bits per heavy atom. The summed E-state index contributed by atoms with van der Waals surface area (Å²) in [6.07, 6.45) is 0.855. The molecule has 1 aliphatic heterocycles. The lowest BCUT2D eigenvalue weighted by Crippen LogP contribution is -2.55. The van der Waals surface area contributed by atoms with Crippen LogP contribution in [0.15, 0.2) is 0 Å². The Labute approximate surface area is 119 Å². The van der Waals surface area contributed by atoms with E-state index in [1.807, 2.05) is 20.8 Å². The second-order valence-electron chi connectivity index (χ2n) is 5.66. The van der Waals surface area contributed by atoms with Gasteiger partial charge in [-0.05, 0) is 32.6 Å². The lowest BCUT2D eigenvalue weighted by molar-refractivity contribution is -0.141. The van der Waals surface area contributed by atoms with Gasteiger partial charge in [-0.25, -0.2) is 4.79 Å². The number of nitrogens with one attached hydrogen (secondary N) is 1. The molecule has 6 nitrogen and oxygen atoms in total. The molecule has 0 aromatic heterocycles. The van der Waals surface area contributed by atoms with Gasteiger partial charge in [0.1, 0.15) is 6.04 Å². The Morgan fingerprint density at radius 1 is 1.25 bits per heavy atom. The number of hydrogen-bond acceptors (Lipinski definition) is 4.